The van der Waals surface area contributed by atoms with Gasteiger partial charge in [-0.25, -0.2) is 4.98 Å². The minimum atomic E-state index is 0. The van der Waals surface area contributed by atoms with Crippen molar-refractivity contribution in [2.75, 3.05) is 27.2 Å². The van der Waals surface area contributed by atoms with Gasteiger partial charge in [-0.1, -0.05) is 30.3 Å². The fourth-order valence-corrected chi connectivity index (χ4v) is 3.88. The highest BCUT2D eigenvalue weighted by Crippen LogP contribution is 2.21. The van der Waals surface area contributed by atoms with Crippen LogP contribution in [-0.2, 0) is 13.0 Å². The summed E-state index contributed by atoms with van der Waals surface area (Å²) >= 11 is 0. The third kappa shape index (κ3) is 5.96. The minimum absolute atomic E-state index is 0. The van der Waals surface area contributed by atoms with Gasteiger partial charge in [-0.3, -0.25) is 10.1 Å². The van der Waals surface area contributed by atoms with Gasteiger partial charge in [0.2, 0.25) is 0 Å². The zero-order valence-electron chi connectivity index (χ0n) is 17.9. The number of aromatic nitrogens is 3. The van der Waals surface area contributed by atoms with Crippen LogP contribution in [0.3, 0.4) is 0 Å². The summed E-state index contributed by atoms with van der Waals surface area (Å²) in [6.45, 7) is 2.59. The lowest BCUT2D eigenvalue weighted by atomic mass is 9.99. The molecule has 1 aromatic heterocycles. The molecule has 1 fully saturated rings. The van der Waals surface area contributed by atoms with Crippen molar-refractivity contribution in [1.29, 1.82) is 0 Å². The van der Waals surface area contributed by atoms with Gasteiger partial charge in [0, 0.05) is 25.7 Å². The number of nitrogens with zero attached hydrogens (tertiary/aromatic N) is 4. The summed E-state index contributed by atoms with van der Waals surface area (Å²) in [4.78, 5) is 11.4. The quantitative estimate of drug-likeness (QED) is 0.288. The van der Waals surface area contributed by atoms with Crippen LogP contribution in [0.25, 0.3) is 11.4 Å². The molecule has 4 rings (SSSR count). The molecule has 0 saturated carbocycles. The molecule has 1 unspecified atom stereocenters. The number of methoxy groups -OCH3 is 1. The molecule has 0 radical (unpaired) electrons. The molecule has 164 valence electrons. The lowest BCUT2D eigenvalue weighted by molar-refractivity contribution is 0.415. The Bertz CT molecular complexity index is 973. The molecule has 0 bridgehead atoms. The summed E-state index contributed by atoms with van der Waals surface area (Å²) in [7, 11) is 3.48. The van der Waals surface area contributed by atoms with Gasteiger partial charge in [-0.05, 0) is 48.6 Å². The first-order chi connectivity index (χ1) is 14.7. The smallest absolute Gasteiger partial charge is 0.194 e. The lowest BCUT2D eigenvalue weighted by Gasteiger charge is -2.21. The third-order valence-electron chi connectivity index (χ3n) is 5.46. The number of nitrogens with one attached hydrogen (secondary N) is 2. The van der Waals surface area contributed by atoms with Crippen molar-refractivity contribution in [2.45, 2.75) is 19.4 Å². The van der Waals surface area contributed by atoms with Crippen molar-refractivity contribution in [1.82, 2.24) is 25.4 Å². The van der Waals surface area contributed by atoms with Gasteiger partial charge in [-0.15, -0.1) is 24.0 Å². The first kappa shape index (κ1) is 23.1. The van der Waals surface area contributed by atoms with Gasteiger partial charge in [0.05, 0.1) is 13.7 Å². The Labute approximate surface area is 200 Å². The van der Waals surface area contributed by atoms with Gasteiger partial charge >= 0.3 is 0 Å². The molecule has 8 heteroatoms. The van der Waals surface area contributed by atoms with Crippen LogP contribution in [0.4, 0.5) is 0 Å². The molecule has 1 aliphatic heterocycles. The van der Waals surface area contributed by atoms with E-state index in [2.05, 4.69) is 60.7 Å². The standard InChI is InChI=1S/C23H28N6O.HI/c1-24-23(29-13-12-18(16-29)14-17-6-4-3-5-7-17)25-15-21-26-22(28-27-21)19-8-10-20(30-2)11-9-19;/h3-11,18H,12-16H2,1-2H3,(H,24,25)(H,26,27,28);1H. The highest BCUT2D eigenvalue weighted by molar-refractivity contribution is 14.0. The third-order valence-corrected chi connectivity index (χ3v) is 5.46. The molecule has 0 spiro atoms. The molecule has 31 heavy (non-hydrogen) atoms. The summed E-state index contributed by atoms with van der Waals surface area (Å²) in [6, 6.07) is 18.4. The lowest BCUT2D eigenvalue weighted by Crippen LogP contribution is -2.39. The SMILES string of the molecule is CN=C(NCc1nc(-c2ccc(OC)cc2)n[nH]1)N1CCC(Cc2ccccc2)C1.I. The van der Waals surface area contributed by atoms with Gasteiger partial charge in [-0.2, -0.15) is 5.10 Å². The Morgan fingerprint density at radius 1 is 1.19 bits per heavy atom. The number of benzene rings is 2. The summed E-state index contributed by atoms with van der Waals surface area (Å²) in [5, 5.41) is 10.8. The number of hydrogen-bond acceptors (Lipinski definition) is 4. The van der Waals surface area contributed by atoms with Crippen molar-refractivity contribution in [3.63, 3.8) is 0 Å². The Kier molecular flexibility index (Phi) is 8.27. The Balaban J connectivity index is 0.00000272. The van der Waals surface area contributed by atoms with Crippen LogP contribution in [0.15, 0.2) is 59.6 Å². The predicted octanol–water partition coefficient (Wildman–Crippen LogP) is 3.74. The van der Waals surface area contributed by atoms with Crippen LogP contribution in [0.1, 0.15) is 17.8 Å². The van der Waals surface area contributed by atoms with E-state index < -0.39 is 0 Å². The largest absolute Gasteiger partial charge is 0.497 e. The van der Waals surface area contributed by atoms with Crippen molar-refractivity contribution >= 4 is 29.9 Å². The number of guanidine groups is 1. The molecule has 0 amide bonds. The maximum absolute atomic E-state index is 5.20. The maximum atomic E-state index is 5.20. The van der Waals surface area contributed by atoms with Gasteiger partial charge < -0.3 is 15.0 Å². The van der Waals surface area contributed by atoms with Gasteiger partial charge in [0.1, 0.15) is 11.6 Å². The summed E-state index contributed by atoms with van der Waals surface area (Å²) in [6.07, 6.45) is 2.29. The van der Waals surface area contributed by atoms with E-state index >= 15 is 0 Å². The van der Waals surface area contributed by atoms with Crippen molar-refractivity contribution < 1.29 is 4.74 Å². The van der Waals surface area contributed by atoms with E-state index in [4.69, 9.17) is 4.74 Å². The normalized spacial score (nSPS) is 16.1. The van der Waals surface area contributed by atoms with Crippen LogP contribution >= 0.6 is 24.0 Å². The number of H-pyrrole nitrogens is 1. The molecular weight excluding hydrogens is 503 g/mol. The summed E-state index contributed by atoms with van der Waals surface area (Å²) in [5.41, 5.74) is 2.35. The highest BCUT2D eigenvalue weighted by Gasteiger charge is 2.25. The van der Waals surface area contributed by atoms with Gasteiger partial charge in [0.15, 0.2) is 11.8 Å². The molecular formula is C23H29IN6O. The van der Waals surface area contributed by atoms with Crippen LogP contribution in [0.2, 0.25) is 0 Å². The maximum Gasteiger partial charge on any atom is 0.194 e. The summed E-state index contributed by atoms with van der Waals surface area (Å²) in [5.74, 6) is 3.83. The Morgan fingerprint density at radius 2 is 1.97 bits per heavy atom. The molecule has 1 atom stereocenters. The number of aliphatic imine (C=N–C) groups is 1. The van der Waals surface area contributed by atoms with E-state index in [1.807, 2.05) is 31.3 Å². The second-order valence-electron chi connectivity index (χ2n) is 7.53. The zero-order valence-corrected chi connectivity index (χ0v) is 20.2. The molecule has 2 N–H and O–H groups in total. The van der Waals surface area contributed by atoms with Crippen molar-refractivity contribution in [3.05, 3.63) is 66.0 Å². The predicted molar refractivity (Wildman–Crippen MR) is 134 cm³/mol. The number of hydrogen-bond donors (Lipinski definition) is 2. The fraction of sp³-hybridized carbons (Fsp3) is 0.348. The fourth-order valence-electron chi connectivity index (χ4n) is 3.88. The topological polar surface area (TPSA) is 78.4 Å². The monoisotopic (exact) mass is 532 g/mol. The number of ether oxygens (including phenoxy) is 1. The van der Waals surface area contributed by atoms with Crippen molar-refractivity contribution in [2.24, 2.45) is 10.9 Å². The average Bonchev–Trinajstić information content (AvgIpc) is 3.45. The van der Waals surface area contributed by atoms with Crippen LogP contribution in [0.5, 0.6) is 5.75 Å². The zero-order chi connectivity index (χ0) is 20.8. The molecule has 2 aromatic carbocycles. The number of halogens is 1. The van der Waals surface area contributed by atoms with Crippen LogP contribution in [0, 0.1) is 5.92 Å². The van der Waals surface area contributed by atoms with Crippen molar-refractivity contribution in [3.8, 4) is 17.1 Å². The average molecular weight is 532 g/mol. The van der Waals surface area contributed by atoms with Crippen LogP contribution < -0.4 is 10.1 Å². The molecule has 7 nitrogen and oxygen atoms in total. The van der Waals surface area contributed by atoms with E-state index in [0.29, 0.717) is 18.3 Å². The molecule has 0 aliphatic carbocycles. The second kappa shape index (κ2) is 11.1. The molecule has 2 heterocycles. The second-order valence-corrected chi connectivity index (χ2v) is 7.53. The van der Waals surface area contributed by atoms with E-state index in [9.17, 15) is 0 Å². The number of aromatic amines is 1. The van der Waals surface area contributed by atoms with E-state index in [1.54, 1.807) is 7.11 Å². The van der Waals surface area contributed by atoms with Gasteiger partial charge in [0.25, 0.3) is 0 Å². The van der Waals surface area contributed by atoms with E-state index in [0.717, 1.165) is 42.6 Å². The first-order valence-corrected chi connectivity index (χ1v) is 10.3. The first-order valence-electron chi connectivity index (χ1n) is 10.3. The summed E-state index contributed by atoms with van der Waals surface area (Å²) < 4.78 is 5.20. The number of likely N-dealkylation sites (tertiary alicyclic amines) is 1. The number of rotatable bonds is 6. The molecule has 1 aliphatic rings. The Hall–Kier alpha value is -2.62. The molecule has 1 saturated heterocycles. The van der Waals surface area contributed by atoms with E-state index in [1.165, 1.54) is 12.0 Å². The highest BCUT2D eigenvalue weighted by atomic mass is 127. The van der Waals surface area contributed by atoms with E-state index in [-0.39, 0.29) is 24.0 Å². The minimum Gasteiger partial charge on any atom is -0.497 e. The van der Waals surface area contributed by atoms with Crippen LogP contribution in [-0.4, -0.2) is 53.3 Å². The Morgan fingerprint density at radius 3 is 2.68 bits per heavy atom. The molecule has 3 aromatic rings.